The molecule has 0 aliphatic heterocycles. The summed E-state index contributed by atoms with van der Waals surface area (Å²) in [6.45, 7) is 4.13. The summed E-state index contributed by atoms with van der Waals surface area (Å²) < 4.78 is 50.0. The first-order valence-corrected chi connectivity index (χ1v) is 19.1. The first kappa shape index (κ1) is 48.9. The molecule has 0 aromatic carbocycles. The van der Waals surface area contributed by atoms with Gasteiger partial charge in [-0.25, -0.2) is 16.8 Å². The number of hydrogen-bond acceptors (Lipinski definition) is 4. The molecule has 3 fully saturated rings. The van der Waals surface area contributed by atoms with Gasteiger partial charge in [0.2, 0.25) is 0 Å². The maximum atomic E-state index is 12.5. The molecule has 0 atom stereocenters. The van der Waals surface area contributed by atoms with E-state index in [-0.39, 0.29) is 57.5 Å². The average Bonchev–Trinajstić information content (AvgIpc) is 2.89. The Balaban J connectivity index is -0.000000688. The molecule has 0 bridgehead atoms. The zero-order chi connectivity index (χ0) is 26.0. The highest BCUT2D eigenvalue weighted by atomic mass is 32.2. The molecule has 3 aliphatic carbocycles. The van der Waals surface area contributed by atoms with Gasteiger partial charge in [-0.05, 0) is 87.9 Å². The molecule has 3 aliphatic rings. The highest BCUT2D eigenvalue weighted by Crippen LogP contribution is 2.39. The van der Waals surface area contributed by atoms with E-state index in [1.165, 1.54) is 51.4 Å². The van der Waals surface area contributed by atoms with Gasteiger partial charge in [-0.15, -0.1) is 0 Å². The second-order valence-electron chi connectivity index (χ2n) is 12.8. The van der Waals surface area contributed by atoms with Crippen LogP contribution in [0.25, 0.3) is 0 Å². The zero-order valence-electron chi connectivity index (χ0n) is 24.0. The van der Waals surface area contributed by atoms with E-state index in [9.17, 15) is 16.8 Å². The molecule has 7 heteroatoms. The Morgan fingerprint density at radius 2 is 0.667 bits per heavy atom. The summed E-state index contributed by atoms with van der Waals surface area (Å²) in [7, 11) is -5.73. The van der Waals surface area contributed by atoms with E-state index in [0.717, 1.165) is 101 Å². The van der Waals surface area contributed by atoms with E-state index in [0.29, 0.717) is 11.5 Å². The van der Waals surface area contributed by atoms with Gasteiger partial charge in [-0.3, -0.25) is 0 Å². The van der Waals surface area contributed by atoms with Crippen molar-refractivity contribution in [1.82, 2.24) is 0 Å². The summed E-state index contributed by atoms with van der Waals surface area (Å²) in [6, 6.07) is 0. The third-order valence-corrected chi connectivity index (χ3v) is 14.8. The van der Waals surface area contributed by atoms with Gasteiger partial charge in [-0.1, -0.05) is 115 Å². The average molecular weight is 639 g/mol. The normalized spacial score (nSPS) is 27.8. The van der Waals surface area contributed by atoms with Crippen LogP contribution in [0.3, 0.4) is 0 Å². The van der Waals surface area contributed by atoms with Crippen LogP contribution in [0.5, 0.6) is 0 Å². The molecule has 0 N–H and O–H groups in total. The fraction of sp³-hybridized carbons (Fsp3) is 1.00. The minimum atomic E-state index is -2.86. The van der Waals surface area contributed by atoms with Crippen molar-refractivity contribution in [3.8, 4) is 0 Å². The Morgan fingerprint density at radius 3 is 0.881 bits per heavy atom. The van der Waals surface area contributed by atoms with Crippen molar-refractivity contribution in [2.24, 2.45) is 23.7 Å². The van der Waals surface area contributed by atoms with Crippen molar-refractivity contribution in [3.63, 3.8) is 0 Å². The van der Waals surface area contributed by atoms with Gasteiger partial charge in [0.15, 0.2) is 19.7 Å². The van der Waals surface area contributed by atoms with Gasteiger partial charge in [0.1, 0.15) is 0 Å². The Morgan fingerprint density at radius 1 is 0.452 bits per heavy atom. The minimum absolute atomic E-state index is 0. The summed E-state index contributed by atoms with van der Waals surface area (Å²) in [4.78, 5) is 0. The molecule has 257 valence electrons. The molecule has 4 nitrogen and oxygen atoms in total. The SMILES string of the molecule is C.C.C.C.C.CCCCS(=O)(=O)C1CCC(CCC2CCC(CCC3CCC(S(=O)(=O)CCCC)CC3)CC2)CC1.[2HH].[B]. The lowest BCUT2D eigenvalue weighted by Crippen LogP contribution is -2.29. The molecule has 3 saturated carbocycles. The van der Waals surface area contributed by atoms with E-state index in [1.807, 2.05) is 0 Å². The van der Waals surface area contributed by atoms with Crippen molar-refractivity contribution < 1.29 is 18.3 Å². The molecular weight excluding hydrogens is 559 g/mol. The number of hydrogen-bond donors (Lipinski definition) is 0. The van der Waals surface area contributed by atoms with E-state index in [4.69, 9.17) is 0 Å². The van der Waals surface area contributed by atoms with Crippen LogP contribution in [0, 0.1) is 23.7 Å². The molecule has 42 heavy (non-hydrogen) atoms. The zero-order valence-corrected chi connectivity index (χ0v) is 25.7. The third kappa shape index (κ3) is 15.8. The van der Waals surface area contributed by atoms with Gasteiger partial charge in [-0.2, -0.15) is 0 Å². The van der Waals surface area contributed by atoms with Crippen molar-refractivity contribution >= 4 is 28.1 Å². The van der Waals surface area contributed by atoms with Crippen molar-refractivity contribution in [2.75, 3.05) is 11.5 Å². The summed E-state index contributed by atoms with van der Waals surface area (Å²) >= 11 is 0. The smallest absolute Gasteiger partial charge is 0.153 e. The molecular formula is C35H78BO4S2. The van der Waals surface area contributed by atoms with Crippen molar-refractivity contribution in [1.29, 1.82) is 0 Å². The van der Waals surface area contributed by atoms with Crippen molar-refractivity contribution in [2.45, 2.75) is 190 Å². The Kier molecular flexibility index (Phi) is 28.2. The van der Waals surface area contributed by atoms with E-state index in [2.05, 4.69) is 13.8 Å². The molecule has 0 spiro atoms. The van der Waals surface area contributed by atoms with Gasteiger partial charge in [0, 0.05) is 9.84 Å². The van der Waals surface area contributed by atoms with E-state index >= 15 is 0 Å². The third-order valence-electron chi connectivity index (χ3n) is 10.1. The maximum Gasteiger partial charge on any atom is 0.153 e. The van der Waals surface area contributed by atoms with Crippen LogP contribution in [0.2, 0.25) is 0 Å². The van der Waals surface area contributed by atoms with Crippen LogP contribution in [-0.2, 0) is 19.7 Å². The van der Waals surface area contributed by atoms with E-state index in [1.54, 1.807) is 0 Å². The molecule has 0 amide bonds. The van der Waals surface area contributed by atoms with Gasteiger partial charge < -0.3 is 0 Å². The topological polar surface area (TPSA) is 68.3 Å². The minimum Gasteiger partial charge on any atom is -0.229 e. The lowest BCUT2D eigenvalue weighted by molar-refractivity contribution is 0.214. The number of unbranched alkanes of at least 4 members (excludes halogenated alkanes) is 2. The largest absolute Gasteiger partial charge is 0.229 e. The number of sulfone groups is 2. The fourth-order valence-corrected chi connectivity index (χ4v) is 11.4. The van der Waals surface area contributed by atoms with Crippen LogP contribution >= 0.6 is 0 Å². The molecule has 0 saturated heterocycles. The summed E-state index contributed by atoms with van der Waals surface area (Å²) in [5, 5.41) is -0.118. The molecule has 0 aromatic heterocycles. The predicted octanol–water partition coefficient (Wildman–Crippen LogP) is 10.9. The van der Waals surface area contributed by atoms with Crippen LogP contribution in [0.15, 0.2) is 0 Å². The first-order chi connectivity index (χ1) is 17.2. The van der Waals surface area contributed by atoms with Crippen LogP contribution in [0.4, 0.5) is 0 Å². The van der Waals surface area contributed by atoms with Gasteiger partial charge in [0.05, 0.1) is 22.0 Å². The highest BCUT2D eigenvalue weighted by molar-refractivity contribution is 7.92. The Hall–Kier alpha value is -0.0351. The quantitative estimate of drug-likeness (QED) is 0.178. The molecule has 0 heterocycles. The second kappa shape index (κ2) is 24.2. The first-order valence-electron chi connectivity index (χ1n) is 15.7. The lowest BCUT2D eigenvalue weighted by Gasteiger charge is -2.33. The number of rotatable bonds is 14. The van der Waals surface area contributed by atoms with Gasteiger partial charge >= 0.3 is 0 Å². The standard InChI is InChI=1S/C30H56O4S2.5CH4.B.H2/c1-3-5-23-35(31,32)29-19-15-27(16-20-29)13-11-25-7-9-26(10-8-25)12-14-28-17-21-30(22-18-28)36(33,34)24-6-4-2;;;;;;;/h25-30H,3-24H2,1-2H3;5*1H4;;1H/i;;;;;;;1+1. The van der Waals surface area contributed by atoms with E-state index < -0.39 is 19.7 Å². The second-order valence-corrected chi connectivity index (χ2v) is 17.6. The van der Waals surface area contributed by atoms with Crippen molar-refractivity contribution in [3.05, 3.63) is 0 Å². The van der Waals surface area contributed by atoms with Crippen LogP contribution < -0.4 is 0 Å². The predicted molar refractivity (Wildman–Crippen MR) is 194 cm³/mol. The molecule has 0 aromatic rings. The maximum absolute atomic E-state index is 12.5. The van der Waals surface area contributed by atoms with Gasteiger partial charge in [0.25, 0.3) is 0 Å². The molecule has 3 radical (unpaired) electrons. The lowest BCUT2D eigenvalue weighted by atomic mass is 9.75. The molecule has 0 unspecified atom stereocenters. The Labute approximate surface area is 270 Å². The molecule has 3 rings (SSSR count). The van der Waals surface area contributed by atoms with Crippen LogP contribution in [0.1, 0.15) is 181 Å². The summed E-state index contributed by atoms with van der Waals surface area (Å²) in [5.41, 5.74) is 0. The summed E-state index contributed by atoms with van der Waals surface area (Å²) in [6.07, 6.45) is 22.5. The van der Waals surface area contributed by atoms with Crippen LogP contribution in [-0.4, -0.2) is 47.3 Å². The fourth-order valence-electron chi connectivity index (χ4n) is 7.34. The highest BCUT2D eigenvalue weighted by Gasteiger charge is 2.32. The Bertz CT molecular complexity index is 756. The monoisotopic (exact) mass is 639 g/mol. The summed E-state index contributed by atoms with van der Waals surface area (Å²) in [5.74, 6) is 4.06.